The third-order valence-electron chi connectivity index (χ3n) is 10.8. The van der Waals surface area contributed by atoms with E-state index in [-0.39, 0.29) is 48.9 Å². The standard InChI is InChI=1S/C35H17Br2Cl2F11N2O6/c1-58-16-7-14(19(36)20(37)27(16)53)18-12-2-3-13-17(29(55)51(28(13)54)11-5-9(34(45,46)47)4-10(6-11)35(48,49)50)15(12)8-32(38)30(56)52(31(57)33(18,32)39)26-24(43)22(41)21(40)23(42)25(26)44/h2,4-7,13,15,17-18,53H,3,8H2,1H3/t13-,15+,17-,18+,32+,33-/m0/s1. The minimum Gasteiger partial charge on any atom is -0.503 e. The summed E-state index contributed by atoms with van der Waals surface area (Å²) in [5.74, 6) is -27.2. The van der Waals surface area contributed by atoms with E-state index in [1.807, 2.05) is 0 Å². The van der Waals surface area contributed by atoms with E-state index in [1.165, 1.54) is 6.08 Å². The second-order valence-corrected chi connectivity index (χ2v) is 16.4. The van der Waals surface area contributed by atoms with Crippen LogP contribution >= 0.6 is 55.1 Å². The van der Waals surface area contributed by atoms with Gasteiger partial charge in [-0.1, -0.05) is 11.6 Å². The van der Waals surface area contributed by atoms with Crippen molar-refractivity contribution in [2.75, 3.05) is 16.9 Å². The number of alkyl halides is 8. The predicted octanol–water partition coefficient (Wildman–Crippen LogP) is 9.43. The Morgan fingerprint density at radius 3 is 1.81 bits per heavy atom. The second-order valence-electron chi connectivity index (χ2n) is 13.6. The van der Waals surface area contributed by atoms with Crippen molar-refractivity contribution >= 4 is 90.1 Å². The molecule has 0 bridgehead atoms. The quantitative estimate of drug-likeness (QED) is 0.0698. The highest BCUT2D eigenvalue weighted by Crippen LogP contribution is 2.67. The highest BCUT2D eigenvalue weighted by Gasteiger charge is 2.77. The molecule has 4 amide bonds. The molecule has 0 unspecified atom stereocenters. The summed E-state index contributed by atoms with van der Waals surface area (Å²) in [6, 6.07) is 1.11. The number of rotatable bonds is 4. The van der Waals surface area contributed by atoms with Gasteiger partial charge in [0.15, 0.2) is 44.5 Å². The van der Waals surface area contributed by atoms with Crippen molar-refractivity contribution in [3.63, 3.8) is 0 Å². The Balaban J connectivity index is 1.46. The maximum Gasteiger partial charge on any atom is 0.416 e. The first-order valence-electron chi connectivity index (χ1n) is 16.2. The summed E-state index contributed by atoms with van der Waals surface area (Å²) in [5.41, 5.74) is -7.27. The number of halogens is 15. The maximum atomic E-state index is 15.3. The summed E-state index contributed by atoms with van der Waals surface area (Å²) < 4.78 is 162. The van der Waals surface area contributed by atoms with E-state index in [0.29, 0.717) is 0 Å². The van der Waals surface area contributed by atoms with E-state index in [4.69, 9.17) is 27.9 Å². The number of carbonyl (C=O) groups is 4. The fourth-order valence-electron chi connectivity index (χ4n) is 8.21. The summed E-state index contributed by atoms with van der Waals surface area (Å²) in [4.78, 5) is 50.7. The predicted molar refractivity (Wildman–Crippen MR) is 185 cm³/mol. The van der Waals surface area contributed by atoms with E-state index in [1.54, 1.807) is 0 Å². The van der Waals surface area contributed by atoms with Crippen LogP contribution in [0.3, 0.4) is 0 Å². The van der Waals surface area contributed by atoms with Crippen LogP contribution in [0, 0.1) is 46.8 Å². The van der Waals surface area contributed by atoms with Crippen molar-refractivity contribution in [1.29, 1.82) is 0 Å². The van der Waals surface area contributed by atoms with Gasteiger partial charge in [-0.05, 0) is 80.4 Å². The van der Waals surface area contributed by atoms with Gasteiger partial charge in [-0.2, -0.15) is 26.3 Å². The van der Waals surface area contributed by atoms with Crippen molar-refractivity contribution in [2.24, 2.45) is 17.8 Å². The molecule has 4 aliphatic rings. The number of anilines is 2. The molecule has 0 radical (unpaired) electrons. The molecular formula is C35H17Br2Cl2F11N2O6. The Morgan fingerprint density at radius 1 is 0.759 bits per heavy atom. The van der Waals surface area contributed by atoms with Gasteiger partial charge in [0.1, 0.15) is 5.69 Å². The molecule has 1 N–H and O–H groups in total. The topological polar surface area (TPSA) is 104 Å². The van der Waals surface area contributed by atoms with E-state index in [0.717, 1.165) is 13.2 Å². The Labute approximate surface area is 343 Å². The number of hydrogen-bond acceptors (Lipinski definition) is 6. The Kier molecular flexibility index (Phi) is 9.84. The largest absolute Gasteiger partial charge is 0.503 e. The zero-order valence-electron chi connectivity index (χ0n) is 28.2. The lowest BCUT2D eigenvalue weighted by molar-refractivity contribution is -0.143. The molecule has 0 aromatic heterocycles. The lowest BCUT2D eigenvalue weighted by atomic mass is 9.56. The number of fused-ring (bicyclic) bond motifs is 4. The van der Waals surface area contributed by atoms with Crippen LogP contribution in [0.25, 0.3) is 0 Å². The number of aromatic hydroxyl groups is 1. The summed E-state index contributed by atoms with van der Waals surface area (Å²) in [6.45, 7) is 0. The van der Waals surface area contributed by atoms with Gasteiger partial charge in [0.25, 0.3) is 11.8 Å². The summed E-state index contributed by atoms with van der Waals surface area (Å²) in [7, 11) is 1.08. The molecule has 3 aromatic rings. The SMILES string of the molecule is COc1cc([C@H]2C3=CC[C@@H]4C(=O)N(c5cc(C(F)(F)F)cc(C(F)(F)F)c5)C(=O)[C@@H]4[C@@H]3C[C@@]3(Cl)C(=O)N(c4c(F)c(F)c(F)c(F)c4F)C(=O)[C@@]23Cl)c(Br)c(Br)c1O. The smallest absolute Gasteiger partial charge is 0.416 e. The van der Waals surface area contributed by atoms with Gasteiger partial charge in [-0.15, -0.1) is 23.2 Å². The van der Waals surface area contributed by atoms with E-state index < -0.39 is 144 Å². The van der Waals surface area contributed by atoms with Gasteiger partial charge in [-0.25, -0.2) is 31.8 Å². The van der Waals surface area contributed by atoms with E-state index in [2.05, 4.69) is 31.9 Å². The molecule has 2 aliphatic heterocycles. The van der Waals surface area contributed by atoms with Crippen molar-refractivity contribution in [3.8, 4) is 11.5 Å². The number of benzene rings is 3. The molecule has 2 heterocycles. The molecule has 2 aliphatic carbocycles. The van der Waals surface area contributed by atoms with Crippen LogP contribution in [0.5, 0.6) is 11.5 Å². The summed E-state index contributed by atoms with van der Waals surface area (Å²) >= 11 is 20.5. The van der Waals surface area contributed by atoms with Crippen LogP contribution < -0.4 is 14.5 Å². The zero-order valence-corrected chi connectivity index (χ0v) is 32.8. The molecule has 1 saturated carbocycles. The van der Waals surface area contributed by atoms with Gasteiger partial charge in [0.05, 0.1) is 40.2 Å². The highest BCUT2D eigenvalue weighted by molar-refractivity contribution is 9.13. The number of phenols is 1. The van der Waals surface area contributed by atoms with Crippen molar-refractivity contribution in [2.45, 2.75) is 40.9 Å². The van der Waals surface area contributed by atoms with Crippen LogP contribution in [-0.4, -0.2) is 45.6 Å². The number of phenolic OH excluding ortho intramolecular Hbond substituents is 1. The number of allylic oxidation sites excluding steroid dienone is 2. The lowest BCUT2D eigenvalue weighted by Gasteiger charge is -2.51. The molecule has 3 aromatic carbocycles. The van der Waals surface area contributed by atoms with Gasteiger partial charge in [-0.3, -0.25) is 19.2 Å². The van der Waals surface area contributed by atoms with Gasteiger partial charge in [0.2, 0.25) is 17.6 Å². The molecule has 23 heteroatoms. The molecule has 2 saturated heterocycles. The Hall–Kier alpha value is -3.95. The average Bonchev–Trinajstić information content (AvgIpc) is 3.49. The number of methoxy groups -OCH3 is 1. The summed E-state index contributed by atoms with van der Waals surface area (Å²) in [6.07, 6.45) is -11.1. The molecule has 0 spiro atoms. The molecular weight excluding hydrogens is 984 g/mol. The van der Waals surface area contributed by atoms with Crippen LogP contribution in [0.2, 0.25) is 0 Å². The number of ether oxygens (including phenoxy) is 1. The molecule has 308 valence electrons. The fourth-order valence-corrected chi connectivity index (χ4v) is 10.1. The third kappa shape index (κ3) is 5.64. The number of nitrogens with zero attached hydrogens (tertiary/aromatic N) is 2. The van der Waals surface area contributed by atoms with Gasteiger partial charge >= 0.3 is 12.4 Å². The van der Waals surface area contributed by atoms with Crippen molar-refractivity contribution in [1.82, 2.24) is 0 Å². The normalized spacial score (nSPS) is 27.2. The average molecular weight is 1000 g/mol. The van der Waals surface area contributed by atoms with Gasteiger partial charge in [0, 0.05) is 10.4 Å². The Morgan fingerprint density at radius 2 is 1.29 bits per heavy atom. The molecule has 8 nitrogen and oxygen atoms in total. The van der Waals surface area contributed by atoms with Crippen LogP contribution in [0.4, 0.5) is 59.7 Å². The molecule has 7 rings (SSSR count). The first-order chi connectivity index (χ1) is 26.7. The first-order valence-corrected chi connectivity index (χ1v) is 18.5. The lowest BCUT2D eigenvalue weighted by Crippen LogP contribution is -2.60. The van der Waals surface area contributed by atoms with Crippen molar-refractivity contribution < 1.29 is 77.3 Å². The van der Waals surface area contributed by atoms with E-state index in [9.17, 15) is 63.8 Å². The molecule has 58 heavy (non-hydrogen) atoms. The molecule has 3 fully saturated rings. The zero-order chi connectivity index (χ0) is 43.1. The van der Waals surface area contributed by atoms with Crippen molar-refractivity contribution in [3.05, 3.63) is 90.6 Å². The van der Waals surface area contributed by atoms with Crippen LogP contribution in [0.15, 0.2) is 44.9 Å². The van der Waals surface area contributed by atoms with Gasteiger partial charge < -0.3 is 9.84 Å². The Bertz CT molecular complexity index is 2390. The fraction of sp³-hybridized carbons (Fsp3) is 0.314. The summed E-state index contributed by atoms with van der Waals surface area (Å²) in [5, 5.41) is 10.7. The second kappa shape index (κ2) is 13.5. The highest BCUT2D eigenvalue weighted by atomic mass is 79.9. The van der Waals surface area contributed by atoms with Crippen LogP contribution in [0.1, 0.15) is 35.4 Å². The monoisotopic (exact) mass is 998 g/mol. The number of hydrogen-bond donors (Lipinski definition) is 1. The maximum absolute atomic E-state index is 15.3. The number of amides is 4. The van der Waals surface area contributed by atoms with Crippen LogP contribution in [-0.2, 0) is 31.5 Å². The molecule has 6 atom stereocenters. The minimum atomic E-state index is -5.39. The number of carbonyl (C=O) groups excluding carboxylic acids is 4. The number of imide groups is 2. The first kappa shape index (κ1) is 42.2. The van der Waals surface area contributed by atoms with E-state index >= 15 is 8.78 Å². The third-order valence-corrected chi connectivity index (χ3v) is 14.3. The minimum absolute atomic E-state index is 0.105.